The molecular weight excluding hydrogens is 570 g/mol. The van der Waals surface area contributed by atoms with Crippen molar-refractivity contribution in [1.29, 1.82) is 0 Å². The lowest BCUT2D eigenvalue weighted by Gasteiger charge is -2.50. The molecule has 3 aliphatic heterocycles. The zero-order valence-corrected chi connectivity index (χ0v) is 23.4. The second-order valence-electron chi connectivity index (χ2n) is 10.4. The van der Waals surface area contributed by atoms with Gasteiger partial charge in [-0.05, 0) is 6.54 Å². The van der Waals surface area contributed by atoms with E-state index in [0.29, 0.717) is 6.54 Å². The maximum atomic E-state index is 12.1. The average molecular weight is 614 g/mol. The van der Waals surface area contributed by atoms with Gasteiger partial charge in [0.25, 0.3) is 0 Å². The van der Waals surface area contributed by atoms with Crippen LogP contribution in [0.4, 0.5) is 0 Å². The summed E-state index contributed by atoms with van der Waals surface area (Å²) in [4.78, 5) is 23.9. The maximum absolute atomic E-state index is 12.1. The standard InChI is InChI=1S/C24H43N3O15/c1-4-25-22-13(26-8(2)31)16(34)20(11(6-29)38-22)41-23-14(27-9(3)32)17(35)21(12(7-30)40-23)42-24-19(37)18(36)15(33)10(5-28)39-24/h10-25,28-30,33-37H,4-7H2,1-3H3,(H,26,31)(H,27,32). The van der Waals surface area contributed by atoms with E-state index in [9.17, 15) is 50.4 Å². The van der Waals surface area contributed by atoms with Crippen molar-refractivity contribution in [3.63, 3.8) is 0 Å². The number of nitrogens with one attached hydrogen (secondary N) is 3. The molecule has 0 radical (unpaired) electrons. The minimum absolute atomic E-state index is 0.397. The number of amides is 2. The van der Waals surface area contributed by atoms with Crippen LogP contribution in [0.5, 0.6) is 0 Å². The van der Waals surface area contributed by atoms with Gasteiger partial charge in [0.1, 0.15) is 73.3 Å². The third-order valence-corrected chi connectivity index (χ3v) is 7.33. The Kier molecular flexibility index (Phi) is 12.8. The first-order valence-corrected chi connectivity index (χ1v) is 13.7. The molecule has 18 heteroatoms. The summed E-state index contributed by atoms with van der Waals surface area (Å²) in [6.45, 7) is 2.36. The molecule has 3 heterocycles. The topological polar surface area (TPSA) is 278 Å². The molecule has 3 aliphatic rings. The third-order valence-electron chi connectivity index (χ3n) is 7.33. The minimum atomic E-state index is -1.84. The van der Waals surface area contributed by atoms with Crippen LogP contribution in [0.15, 0.2) is 0 Å². The Morgan fingerprint density at radius 2 is 1.12 bits per heavy atom. The van der Waals surface area contributed by atoms with Crippen molar-refractivity contribution in [3.8, 4) is 0 Å². The molecule has 3 saturated heterocycles. The molecule has 18 nitrogen and oxygen atoms in total. The number of hydrogen-bond donors (Lipinski definition) is 11. The van der Waals surface area contributed by atoms with Gasteiger partial charge in [0.05, 0.1) is 25.9 Å². The molecule has 0 aromatic heterocycles. The van der Waals surface area contributed by atoms with E-state index in [-0.39, 0.29) is 0 Å². The van der Waals surface area contributed by atoms with Crippen molar-refractivity contribution in [3.05, 3.63) is 0 Å². The van der Waals surface area contributed by atoms with Crippen LogP contribution >= 0.6 is 0 Å². The van der Waals surface area contributed by atoms with Gasteiger partial charge < -0.3 is 75.2 Å². The summed E-state index contributed by atoms with van der Waals surface area (Å²) in [7, 11) is 0. The zero-order valence-electron chi connectivity index (χ0n) is 23.4. The normalized spacial score (nSPS) is 44.4. The van der Waals surface area contributed by atoms with E-state index in [4.69, 9.17) is 23.7 Å². The first-order valence-electron chi connectivity index (χ1n) is 13.7. The van der Waals surface area contributed by atoms with Crippen molar-refractivity contribution >= 4 is 11.8 Å². The van der Waals surface area contributed by atoms with E-state index in [0.717, 1.165) is 6.92 Å². The first kappa shape index (κ1) is 34.9. The molecule has 0 aliphatic carbocycles. The summed E-state index contributed by atoms with van der Waals surface area (Å²) in [6, 6.07) is -2.48. The van der Waals surface area contributed by atoms with E-state index in [2.05, 4.69) is 16.0 Å². The number of rotatable bonds is 11. The van der Waals surface area contributed by atoms with E-state index >= 15 is 0 Å². The number of hydrogen-bond acceptors (Lipinski definition) is 16. The predicted molar refractivity (Wildman–Crippen MR) is 136 cm³/mol. The first-order chi connectivity index (χ1) is 19.9. The molecule has 3 fully saturated rings. The van der Waals surface area contributed by atoms with Gasteiger partial charge in [-0.2, -0.15) is 0 Å². The molecule has 0 aromatic rings. The molecule has 2 amide bonds. The molecule has 244 valence electrons. The number of aliphatic hydroxyl groups excluding tert-OH is 8. The number of aliphatic hydroxyl groups is 8. The lowest BCUT2D eigenvalue weighted by atomic mass is 9.93. The molecular formula is C24H43N3O15. The summed E-state index contributed by atoms with van der Waals surface area (Å²) in [6.07, 6.45) is -19.5. The van der Waals surface area contributed by atoms with Crippen LogP contribution in [0.2, 0.25) is 0 Å². The quantitative estimate of drug-likeness (QED) is 0.103. The second kappa shape index (κ2) is 15.4. The Morgan fingerprint density at radius 1 is 0.643 bits per heavy atom. The second-order valence-corrected chi connectivity index (χ2v) is 10.4. The summed E-state index contributed by atoms with van der Waals surface area (Å²) < 4.78 is 28.6. The van der Waals surface area contributed by atoms with Crippen LogP contribution in [0.25, 0.3) is 0 Å². The van der Waals surface area contributed by atoms with Gasteiger partial charge in [-0.25, -0.2) is 0 Å². The summed E-state index contributed by atoms with van der Waals surface area (Å²) >= 11 is 0. The highest BCUT2D eigenvalue weighted by molar-refractivity contribution is 5.73. The van der Waals surface area contributed by atoms with Gasteiger partial charge in [0.2, 0.25) is 11.8 Å². The predicted octanol–water partition coefficient (Wildman–Crippen LogP) is -6.67. The molecule has 15 unspecified atom stereocenters. The van der Waals surface area contributed by atoms with Gasteiger partial charge >= 0.3 is 0 Å². The fourth-order valence-electron chi connectivity index (χ4n) is 5.27. The minimum Gasteiger partial charge on any atom is -0.394 e. The average Bonchev–Trinajstić information content (AvgIpc) is 2.94. The third kappa shape index (κ3) is 7.71. The Morgan fingerprint density at radius 3 is 1.64 bits per heavy atom. The number of ether oxygens (including phenoxy) is 5. The highest BCUT2D eigenvalue weighted by Gasteiger charge is 2.54. The van der Waals surface area contributed by atoms with E-state index in [1.165, 1.54) is 6.92 Å². The van der Waals surface area contributed by atoms with Crippen molar-refractivity contribution in [2.45, 2.75) is 113 Å². The Bertz CT molecular complexity index is 886. The largest absolute Gasteiger partial charge is 0.394 e. The van der Waals surface area contributed by atoms with Crippen molar-refractivity contribution in [2.75, 3.05) is 26.4 Å². The Labute approximate surface area is 241 Å². The highest BCUT2D eigenvalue weighted by atomic mass is 16.7. The van der Waals surface area contributed by atoms with Crippen molar-refractivity contribution in [2.24, 2.45) is 0 Å². The lowest BCUT2D eigenvalue weighted by Crippen LogP contribution is -2.71. The monoisotopic (exact) mass is 613 g/mol. The van der Waals surface area contributed by atoms with E-state index < -0.39 is 124 Å². The Hall–Kier alpha value is -1.62. The summed E-state index contributed by atoms with van der Waals surface area (Å²) in [5.74, 6) is -1.13. The molecule has 0 bridgehead atoms. The SMILES string of the molecule is CCNC1OC(CO)C(OC2OC(CO)C(OC3OC(CO)C(O)C(O)C3O)C(O)C2NC(C)=O)C(O)C1NC(C)=O. The fourth-order valence-corrected chi connectivity index (χ4v) is 5.27. The fraction of sp³-hybridized carbons (Fsp3) is 0.917. The van der Waals surface area contributed by atoms with Gasteiger partial charge in [-0.3, -0.25) is 14.9 Å². The van der Waals surface area contributed by atoms with Crippen LogP contribution < -0.4 is 16.0 Å². The maximum Gasteiger partial charge on any atom is 0.217 e. The van der Waals surface area contributed by atoms with Crippen LogP contribution in [0.1, 0.15) is 20.8 Å². The van der Waals surface area contributed by atoms with Crippen LogP contribution in [-0.4, -0.2) is 171 Å². The van der Waals surface area contributed by atoms with Crippen molar-refractivity contribution in [1.82, 2.24) is 16.0 Å². The molecule has 0 saturated carbocycles. The van der Waals surface area contributed by atoms with Crippen LogP contribution in [-0.2, 0) is 33.3 Å². The van der Waals surface area contributed by atoms with Gasteiger partial charge in [-0.15, -0.1) is 0 Å². The molecule has 3 rings (SSSR count). The summed E-state index contributed by atoms with van der Waals surface area (Å²) in [5.41, 5.74) is 0. The number of carbonyl (C=O) groups is 2. The highest BCUT2D eigenvalue weighted by Crippen LogP contribution is 2.32. The van der Waals surface area contributed by atoms with Gasteiger partial charge in [0, 0.05) is 13.8 Å². The van der Waals surface area contributed by atoms with Crippen molar-refractivity contribution < 1.29 is 74.1 Å². The summed E-state index contributed by atoms with van der Waals surface area (Å²) in [5, 5.41) is 90.5. The molecule has 11 N–H and O–H groups in total. The molecule has 0 aromatic carbocycles. The lowest BCUT2D eigenvalue weighted by molar-refractivity contribution is -0.358. The number of likely N-dealkylation sites (N-methyl/N-ethyl adjacent to an activating group) is 1. The van der Waals surface area contributed by atoms with E-state index in [1.54, 1.807) is 6.92 Å². The molecule has 15 atom stereocenters. The van der Waals surface area contributed by atoms with Gasteiger partial charge in [-0.1, -0.05) is 6.92 Å². The molecule has 0 spiro atoms. The van der Waals surface area contributed by atoms with Gasteiger partial charge in [0.15, 0.2) is 12.6 Å². The smallest absolute Gasteiger partial charge is 0.217 e. The van der Waals surface area contributed by atoms with Crippen LogP contribution in [0.3, 0.4) is 0 Å². The van der Waals surface area contributed by atoms with E-state index in [1.807, 2.05) is 0 Å². The Balaban J connectivity index is 1.86. The zero-order chi connectivity index (χ0) is 31.3. The number of carbonyl (C=O) groups excluding carboxylic acids is 2. The van der Waals surface area contributed by atoms with Crippen LogP contribution in [0, 0.1) is 0 Å². The molecule has 42 heavy (non-hydrogen) atoms.